The van der Waals surface area contributed by atoms with Gasteiger partial charge >= 0.3 is 11.9 Å². The first-order valence-corrected chi connectivity index (χ1v) is 8.34. The number of hydrogen-bond donors (Lipinski definition) is 0. The molecule has 0 amide bonds. The van der Waals surface area contributed by atoms with Gasteiger partial charge in [0.05, 0.1) is 11.8 Å². The van der Waals surface area contributed by atoms with Gasteiger partial charge in [-0.1, -0.05) is 86.0 Å². The summed E-state index contributed by atoms with van der Waals surface area (Å²) in [5.74, 6) is -2.65. The zero-order valence-corrected chi connectivity index (χ0v) is 14.5. The number of ether oxygens (including phenoxy) is 2. The van der Waals surface area contributed by atoms with Crippen molar-refractivity contribution in [2.75, 3.05) is 13.2 Å². The van der Waals surface area contributed by atoms with E-state index in [0.717, 1.165) is 0 Å². The van der Waals surface area contributed by atoms with Gasteiger partial charge in [0.15, 0.2) is 0 Å². The summed E-state index contributed by atoms with van der Waals surface area (Å²) in [6, 6.07) is 18.2. The summed E-state index contributed by atoms with van der Waals surface area (Å²) in [6.07, 6.45) is 2.99. The fourth-order valence-corrected chi connectivity index (χ4v) is 2.71. The Morgan fingerprint density at radius 3 is 1.38 bits per heavy atom. The highest BCUT2D eigenvalue weighted by Crippen LogP contribution is 2.35. The Morgan fingerprint density at radius 1 is 0.731 bits per heavy atom. The van der Waals surface area contributed by atoms with E-state index in [1.807, 2.05) is 36.4 Å². The topological polar surface area (TPSA) is 52.6 Å². The van der Waals surface area contributed by atoms with Crippen LogP contribution in [0.1, 0.15) is 23.0 Å². The molecule has 0 saturated carbocycles. The van der Waals surface area contributed by atoms with Gasteiger partial charge in [-0.15, -0.1) is 0 Å². The van der Waals surface area contributed by atoms with E-state index >= 15 is 0 Å². The molecular formula is C22H22O4. The molecule has 0 bridgehead atoms. The molecule has 0 heterocycles. The lowest BCUT2D eigenvalue weighted by Crippen LogP contribution is -2.29. The van der Waals surface area contributed by atoms with Gasteiger partial charge in [0.25, 0.3) is 0 Å². The lowest BCUT2D eigenvalue weighted by Gasteiger charge is -2.25. The van der Waals surface area contributed by atoms with E-state index in [2.05, 4.69) is 13.2 Å². The number of hydrogen-bond acceptors (Lipinski definition) is 4. The van der Waals surface area contributed by atoms with E-state index in [-0.39, 0.29) is 13.2 Å². The molecule has 2 aromatic carbocycles. The number of esters is 2. The van der Waals surface area contributed by atoms with Gasteiger partial charge in [-0.3, -0.25) is 9.59 Å². The fraction of sp³-hybridized carbons (Fsp3) is 0.182. The summed E-state index contributed by atoms with van der Waals surface area (Å²) < 4.78 is 10.6. The molecule has 2 rings (SSSR count). The highest BCUT2D eigenvalue weighted by molar-refractivity contribution is 5.90. The molecule has 0 aliphatic heterocycles. The summed E-state index contributed by atoms with van der Waals surface area (Å²) in [6.45, 7) is 7.28. The molecule has 0 saturated heterocycles. The number of benzene rings is 2. The van der Waals surface area contributed by atoms with Crippen molar-refractivity contribution in [3.8, 4) is 0 Å². The van der Waals surface area contributed by atoms with E-state index in [4.69, 9.17) is 9.47 Å². The maximum absolute atomic E-state index is 12.8. The molecule has 0 aliphatic rings. The minimum Gasteiger partial charge on any atom is -0.461 e. The van der Waals surface area contributed by atoms with E-state index < -0.39 is 23.8 Å². The van der Waals surface area contributed by atoms with Gasteiger partial charge in [0.1, 0.15) is 13.2 Å². The molecule has 2 aromatic rings. The van der Waals surface area contributed by atoms with Crippen LogP contribution in [-0.2, 0) is 19.1 Å². The van der Waals surface area contributed by atoms with Crippen LogP contribution in [0.5, 0.6) is 0 Å². The molecular weight excluding hydrogens is 328 g/mol. The molecule has 134 valence electrons. The molecule has 4 nitrogen and oxygen atoms in total. The second kappa shape index (κ2) is 9.99. The normalized spacial score (nSPS) is 12.5. The lowest BCUT2D eigenvalue weighted by molar-refractivity contribution is -0.152. The smallest absolute Gasteiger partial charge is 0.314 e. The van der Waals surface area contributed by atoms with Crippen molar-refractivity contribution < 1.29 is 19.1 Å². The SMILES string of the molecule is C=CCOC(=O)C(c1ccccc1)C(C(=O)OCC=C)c1ccccc1. The second-order valence-electron chi connectivity index (χ2n) is 5.61. The third-order valence-electron chi connectivity index (χ3n) is 3.85. The van der Waals surface area contributed by atoms with E-state index in [1.165, 1.54) is 12.2 Å². The van der Waals surface area contributed by atoms with Crippen LogP contribution < -0.4 is 0 Å². The van der Waals surface area contributed by atoms with Gasteiger partial charge in [-0.2, -0.15) is 0 Å². The van der Waals surface area contributed by atoms with Gasteiger partial charge in [-0.05, 0) is 11.1 Å². The number of carbonyl (C=O) groups excluding carboxylic acids is 2. The first-order valence-electron chi connectivity index (χ1n) is 8.34. The lowest BCUT2D eigenvalue weighted by atomic mass is 9.81. The third-order valence-corrected chi connectivity index (χ3v) is 3.85. The Bertz CT molecular complexity index is 672. The average Bonchev–Trinajstić information content (AvgIpc) is 2.69. The molecule has 0 radical (unpaired) electrons. The summed E-state index contributed by atoms with van der Waals surface area (Å²) in [4.78, 5) is 25.6. The van der Waals surface area contributed by atoms with E-state index in [0.29, 0.717) is 11.1 Å². The molecule has 2 atom stereocenters. The number of carbonyl (C=O) groups is 2. The van der Waals surface area contributed by atoms with Crippen LogP contribution >= 0.6 is 0 Å². The number of rotatable bonds is 9. The molecule has 0 fully saturated rings. The molecule has 2 unspecified atom stereocenters. The van der Waals surface area contributed by atoms with Crippen LogP contribution in [0.3, 0.4) is 0 Å². The maximum atomic E-state index is 12.8. The van der Waals surface area contributed by atoms with Gasteiger partial charge in [-0.25, -0.2) is 0 Å². The van der Waals surface area contributed by atoms with Crippen molar-refractivity contribution in [1.82, 2.24) is 0 Å². The highest BCUT2D eigenvalue weighted by Gasteiger charge is 2.38. The maximum Gasteiger partial charge on any atom is 0.314 e. The zero-order valence-electron chi connectivity index (χ0n) is 14.5. The Balaban J connectivity index is 2.49. The van der Waals surface area contributed by atoms with Crippen LogP contribution in [-0.4, -0.2) is 25.2 Å². The van der Waals surface area contributed by atoms with Crippen molar-refractivity contribution in [3.05, 3.63) is 97.1 Å². The minimum absolute atomic E-state index is 0.0748. The molecule has 4 heteroatoms. The van der Waals surface area contributed by atoms with Crippen LogP contribution in [0.25, 0.3) is 0 Å². The van der Waals surface area contributed by atoms with Crippen LogP contribution in [0.2, 0.25) is 0 Å². The Hall–Kier alpha value is -3.14. The summed E-state index contributed by atoms with van der Waals surface area (Å²) >= 11 is 0. The zero-order chi connectivity index (χ0) is 18.8. The Kier molecular flexibility index (Phi) is 7.37. The predicted octanol–water partition coefficient (Wildman–Crippen LogP) is 4.01. The summed E-state index contributed by atoms with van der Waals surface area (Å²) in [5.41, 5.74) is 1.37. The van der Waals surface area contributed by atoms with Crippen LogP contribution in [0.4, 0.5) is 0 Å². The summed E-state index contributed by atoms with van der Waals surface area (Å²) in [7, 11) is 0. The predicted molar refractivity (Wildman–Crippen MR) is 101 cm³/mol. The molecule has 0 aromatic heterocycles. The second-order valence-corrected chi connectivity index (χ2v) is 5.61. The van der Waals surface area contributed by atoms with Crippen molar-refractivity contribution in [3.63, 3.8) is 0 Å². The average molecular weight is 350 g/mol. The first kappa shape index (κ1) is 19.2. The quantitative estimate of drug-likeness (QED) is 0.506. The summed E-state index contributed by atoms with van der Waals surface area (Å²) in [5, 5.41) is 0. The largest absolute Gasteiger partial charge is 0.461 e. The van der Waals surface area contributed by atoms with Gasteiger partial charge < -0.3 is 9.47 Å². The van der Waals surface area contributed by atoms with Gasteiger partial charge in [0.2, 0.25) is 0 Å². The molecule has 0 N–H and O–H groups in total. The third kappa shape index (κ3) is 4.93. The highest BCUT2D eigenvalue weighted by atomic mass is 16.5. The van der Waals surface area contributed by atoms with E-state index in [1.54, 1.807) is 24.3 Å². The van der Waals surface area contributed by atoms with Crippen molar-refractivity contribution in [2.45, 2.75) is 11.8 Å². The molecule has 0 spiro atoms. The molecule has 26 heavy (non-hydrogen) atoms. The standard InChI is InChI=1S/C22H22O4/c1-3-15-25-21(23)19(17-11-7-5-8-12-17)20(22(24)26-16-4-2)18-13-9-6-10-14-18/h3-14,19-20H,1-2,15-16H2. The Labute approximate surface area is 153 Å². The Morgan fingerprint density at radius 2 is 1.08 bits per heavy atom. The van der Waals surface area contributed by atoms with Crippen molar-refractivity contribution >= 4 is 11.9 Å². The van der Waals surface area contributed by atoms with Crippen molar-refractivity contribution in [2.24, 2.45) is 0 Å². The minimum atomic E-state index is -0.823. The van der Waals surface area contributed by atoms with Crippen molar-refractivity contribution in [1.29, 1.82) is 0 Å². The first-order chi connectivity index (χ1) is 12.7. The van der Waals surface area contributed by atoms with Crippen LogP contribution in [0.15, 0.2) is 86.0 Å². The monoisotopic (exact) mass is 350 g/mol. The van der Waals surface area contributed by atoms with E-state index in [9.17, 15) is 9.59 Å². The van der Waals surface area contributed by atoms with Gasteiger partial charge in [0, 0.05) is 0 Å². The molecule has 0 aliphatic carbocycles. The van der Waals surface area contributed by atoms with Crippen LogP contribution in [0, 0.1) is 0 Å². The fourth-order valence-electron chi connectivity index (χ4n) is 2.71.